The van der Waals surface area contributed by atoms with Gasteiger partial charge in [0.1, 0.15) is 6.54 Å². The Morgan fingerprint density at radius 2 is 1.61 bits per heavy atom. The van der Waals surface area contributed by atoms with Crippen LogP contribution in [0.2, 0.25) is 0 Å². The van der Waals surface area contributed by atoms with Crippen molar-refractivity contribution in [1.82, 2.24) is 10.2 Å². The van der Waals surface area contributed by atoms with Gasteiger partial charge in [0.05, 0.1) is 12.6 Å². The van der Waals surface area contributed by atoms with E-state index in [1.807, 2.05) is 19.9 Å². The molecule has 8 nitrogen and oxygen atoms in total. The van der Waals surface area contributed by atoms with Gasteiger partial charge in [-0.05, 0) is 110 Å². The molecule has 5 rings (SSSR count). The summed E-state index contributed by atoms with van der Waals surface area (Å²) < 4.78 is 0. The number of nitrogens with one attached hydrogen (secondary N) is 1. The smallest absolute Gasteiger partial charge is 0.322 e. The lowest BCUT2D eigenvalue weighted by molar-refractivity contribution is -0.202. The number of fused-ring (bicyclic) bond motifs is 7. The molecule has 0 aromatic rings. The van der Waals surface area contributed by atoms with Crippen LogP contribution in [0.4, 0.5) is 0 Å². The minimum Gasteiger partial charge on any atom is -0.480 e. The highest BCUT2D eigenvalue weighted by atomic mass is 16.4. The molecule has 0 unspecified atom stereocenters. The van der Waals surface area contributed by atoms with Crippen molar-refractivity contribution in [2.45, 2.75) is 119 Å². The summed E-state index contributed by atoms with van der Waals surface area (Å²) in [5, 5.41) is 22.4. The summed E-state index contributed by atoms with van der Waals surface area (Å²) in [6, 6.07) is 0. The van der Waals surface area contributed by atoms with Crippen molar-refractivity contribution >= 4 is 23.6 Å². The third-order valence-electron chi connectivity index (χ3n) is 14.6. The first kappa shape index (κ1) is 34.8. The van der Waals surface area contributed by atoms with E-state index >= 15 is 0 Å². The molecule has 4 saturated carbocycles. The van der Waals surface area contributed by atoms with Crippen LogP contribution in [0, 0.1) is 50.2 Å². The number of carboxylic acid groups (broad SMARTS) is 1. The molecule has 256 valence electrons. The topological polar surface area (TPSA) is 124 Å². The van der Waals surface area contributed by atoms with Gasteiger partial charge in [0.2, 0.25) is 11.8 Å². The van der Waals surface area contributed by atoms with Crippen LogP contribution in [0.1, 0.15) is 113 Å². The normalized spacial score (nSPS) is 42.7. The van der Waals surface area contributed by atoms with Crippen molar-refractivity contribution in [1.29, 1.82) is 0 Å². The molecule has 0 radical (unpaired) electrons. The zero-order valence-corrected chi connectivity index (χ0v) is 29.6. The SMILES string of the molecule is C=C(C)CN(CC(=O)NCC(=O)O)C(=O)[C@@]1(C)CC[C@]2(C)CC[C@]3(C)C(=CC(=O)[C@@H]4[C@@]5(C)CC[C@H](O)C(C)(C)[C@@H]5CC[C@]43C)[C@@H]2C1. The maximum absolute atomic E-state index is 14.6. The highest BCUT2D eigenvalue weighted by Crippen LogP contribution is 2.75. The Morgan fingerprint density at radius 3 is 2.24 bits per heavy atom. The van der Waals surface area contributed by atoms with Gasteiger partial charge in [0.15, 0.2) is 5.78 Å². The van der Waals surface area contributed by atoms with Crippen LogP contribution in [0.3, 0.4) is 0 Å². The standard InChI is InChI=1S/C38H58N2O6/c1-23(2)21-40(22-29(43)39-20-30(44)45)32(46)35(6)15-14-34(5)16-17-37(8)24(25(34)19-35)18-26(41)31-36(7)12-11-28(42)33(3,4)27(36)10-13-38(31,37)9/h18,25,27-28,31,42H,1,10-17,19-22H2,2-9H3,(H,39,43)(H,44,45)/t25-,27-,28-,31+,34+,35-,36-,37+,38+/m0/s1. The number of ketones is 1. The summed E-state index contributed by atoms with van der Waals surface area (Å²) in [7, 11) is 0. The zero-order valence-electron chi connectivity index (χ0n) is 29.6. The van der Waals surface area contributed by atoms with Crippen LogP contribution in [-0.2, 0) is 19.2 Å². The van der Waals surface area contributed by atoms with E-state index in [-0.39, 0.29) is 75.7 Å². The number of carbonyl (C=O) groups is 4. The molecule has 0 aromatic heterocycles. The average molecular weight is 639 g/mol. The van der Waals surface area contributed by atoms with Gasteiger partial charge in [0.25, 0.3) is 0 Å². The molecule has 0 aromatic carbocycles. The monoisotopic (exact) mass is 638 g/mol. The van der Waals surface area contributed by atoms with Crippen molar-refractivity contribution in [2.24, 2.45) is 50.2 Å². The van der Waals surface area contributed by atoms with Crippen molar-refractivity contribution in [3.63, 3.8) is 0 Å². The number of aliphatic hydroxyl groups is 1. The van der Waals surface area contributed by atoms with E-state index in [2.05, 4.69) is 53.4 Å². The van der Waals surface area contributed by atoms with Gasteiger partial charge in [0, 0.05) is 17.9 Å². The molecular formula is C38H58N2O6. The predicted octanol–water partition coefficient (Wildman–Crippen LogP) is 5.93. The van der Waals surface area contributed by atoms with Crippen LogP contribution < -0.4 is 5.32 Å². The number of allylic oxidation sites excluding steroid dienone is 2. The lowest BCUT2D eigenvalue weighted by atomic mass is 9.33. The van der Waals surface area contributed by atoms with E-state index < -0.39 is 23.8 Å². The van der Waals surface area contributed by atoms with Crippen LogP contribution in [0.15, 0.2) is 23.8 Å². The van der Waals surface area contributed by atoms with E-state index in [4.69, 9.17) is 5.11 Å². The minimum absolute atomic E-state index is 0.0231. The number of aliphatic hydroxyl groups excluding tert-OH is 1. The Morgan fingerprint density at radius 1 is 0.957 bits per heavy atom. The summed E-state index contributed by atoms with van der Waals surface area (Å²) in [6.07, 6.45) is 9.43. The van der Waals surface area contributed by atoms with E-state index in [0.29, 0.717) is 12.8 Å². The predicted molar refractivity (Wildman–Crippen MR) is 177 cm³/mol. The van der Waals surface area contributed by atoms with E-state index in [0.717, 1.165) is 50.5 Å². The third-order valence-corrected chi connectivity index (χ3v) is 14.6. The van der Waals surface area contributed by atoms with Crippen molar-refractivity contribution in [3.05, 3.63) is 23.8 Å². The Balaban J connectivity index is 1.49. The van der Waals surface area contributed by atoms with E-state index in [1.165, 1.54) is 10.5 Å². The molecule has 0 heterocycles. The number of aliphatic carboxylic acids is 1. The molecular weight excluding hydrogens is 580 g/mol. The van der Waals surface area contributed by atoms with Crippen molar-refractivity contribution < 1.29 is 29.4 Å². The van der Waals surface area contributed by atoms with Gasteiger partial charge in [-0.15, -0.1) is 0 Å². The molecule has 4 fully saturated rings. The summed E-state index contributed by atoms with van der Waals surface area (Å²) in [5.41, 5.74) is 0.396. The first-order valence-electron chi connectivity index (χ1n) is 17.5. The second kappa shape index (κ2) is 11.3. The average Bonchev–Trinajstić information content (AvgIpc) is 2.95. The minimum atomic E-state index is -1.14. The summed E-state index contributed by atoms with van der Waals surface area (Å²) >= 11 is 0. The molecule has 5 aliphatic rings. The van der Waals surface area contributed by atoms with Gasteiger partial charge in [-0.1, -0.05) is 66.2 Å². The van der Waals surface area contributed by atoms with E-state index in [1.54, 1.807) is 0 Å². The molecule has 5 aliphatic carbocycles. The Kier molecular flexibility index (Phi) is 8.56. The second-order valence-corrected chi connectivity index (χ2v) is 17.9. The fraction of sp³-hybridized carbons (Fsp3) is 0.789. The summed E-state index contributed by atoms with van der Waals surface area (Å²) in [4.78, 5) is 54.2. The van der Waals surface area contributed by atoms with Gasteiger partial charge < -0.3 is 20.4 Å². The number of nitrogens with zero attached hydrogens (tertiary/aromatic N) is 1. The quantitative estimate of drug-likeness (QED) is 0.297. The van der Waals surface area contributed by atoms with Crippen molar-refractivity contribution in [2.75, 3.05) is 19.6 Å². The largest absolute Gasteiger partial charge is 0.480 e. The molecule has 0 bridgehead atoms. The van der Waals surface area contributed by atoms with Crippen LogP contribution in [0.5, 0.6) is 0 Å². The number of carboxylic acids is 1. The Labute approximate surface area is 275 Å². The maximum atomic E-state index is 14.6. The third kappa shape index (κ3) is 5.20. The molecule has 0 saturated heterocycles. The second-order valence-electron chi connectivity index (χ2n) is 17.9. The van der Waals surface area contributed by atoms with Gasteiger partial charge in [-0.3, -0.25) is 19.2 Å². The highest BCUT2D eigenvalue weighted by Gasteiger charge is 2.70. The molecule has 0 spiro atoms. The number of amides is 2. The number of rotatable bonds is 7. The number of carbonyl (C=O) groups excluding carboxylic acids is 3. The summed E-state index contributed by atoms with van der Waals surface area (Å²) in [5.74, 6) is -1.28. The van der Waals surface area contributed by atoms with Crippen LogP contribution in [-0.4, -0.2) is 64.4 Å². The number of hydrogen-bond donors (Lipinski definition) is 3. The fourth-order valence-corrected chi connectivity index (χ4v) is 11.7. The molecule has 9 atom stereocenters. The van der Waals surface area contributed by atoms with Crippen LogP contribution >= 0.6 is 0 Å². The Hall–Kier alpha value is -2.48. The van der Waals surface area contributed by atoms with E-state index in [9.17, 15) is 24.3 Å². The van der Waals surface area contributed by atoms with Crippen LogP contribution in [0.25, 0.3) is 0 Å². The molecule has 0 aliphatic heterocycles. The molecule has 2 amide bonds. The molecule has 3 N–H and O–H groups in total. The lowest BCUT2D eigenvalue weighted by Crippen LogP contribution is -2.66. The molecule has 8 heteroatoms. The van der Waals surface area contributed by atoms with Gasteiger partial charge in [-0.25, -0.2) is 0 Å². The first-order chi connectivity index (χ1) is 21.1. The maximum Gasteiger partial charge on any atom is 0.322 e. The van der Waals surface area contributed by atoms with Crippen molar-refractivity contribution in [3.8, 4) is 0 Å². The highest BCUT2D eigenvalue weighted by molar-refractivity contribution is 5.96. The molecule has 46 heavy (non-hydrogen) atoms. The first-order valence-corrected chi connectivity index (χ1v) is 17.5. The zero-order chi connectivity index (χ0) is 34.3. The fourth-order valence-electron chi connectivity index (χ4n) is 11.7. The lowest BCUT2D eigenvalue weighted by Gasteiger charge is -2.70. The Bertz CT molecular complexity index is 1370. The summed E-state index contributed by atoms with van der Waals surface area (Å²) in [6.45, 7) is 21.2. The number of hydrogen-bond acceptors (Lipinski definition) is 5. The van der Waals surface area contributed by atoms with Gasteiger partial charge in [-0.2, -0.15) is 0 Å². The van der Waals surface area contributed by atoms with Gasteiger partial charge >= 0.3 is 5.97 Å².